The van der Waals surface area contributed by atoms with Gasteiger partial charge in [-0.1, -0.05) is 0 Å². The zero-order valence-electron chi connectivity index (χ0n) is 11.4. The summed E-state index contributed by atoms with van der Waals surface area (Å²) in [5.41, 5.74) is 7.32. The summed E-state index contributed by atoms with van der Waals surface area (Å²) in [7, 11) is 1.66. The molecule has 3 nitrogen and oxygen atoms in total. The van der Waals surface area contributed by atoms with Crippen LogP contribution in [0.25, 0.3) is 0 Å². The van der Waals surface area contributed by atoms with E-state index in [0.29, 0.717) is 0 Å². The van der Waals surface area contributed by atoms with E-state index in [9.17, 15) is 0 Å². The molecule has 0 spiro atoms. The molecule has 0 bridgehead atoms. The van der Waals surface area contributed by atoms with E-state index in [1.54, 1.807) is 18.4 Å². The second kappa shape index (κ2) is 5.39. The first-order valence-corrected chi connectivity index (χ1v) is 8.05. The molecule has 2 heterocycles. The molecule has 0 saturated carbocycles. The molecule has 1 aromatic heterocycles. The molecule has 2 aromatic rings. The molecule has 2 N–H and O–H groups in total. The number of rotatable bonds is 2. The van der Waals surface area contributed by atoms with Crippen LogP contribution in [0.2, 0.25) is 0 Å². The van der Waals surface area contributed by atoms with Crippen molar-refractivity contribution in [1.82, 2.24) is 0 Å². The highest BCUT2D eigenvalue weighted by Crippen LogP contribution is 2.43. The number of methoxy groups -OCH3 is 1. The van der Waals surface area contributed by atoms with Gasteiger partial charge in [0.15, 0.2) is 0 Å². The average Bonchev–Trinajstić information content (AvgIpc) is 2.78. The lowest BCUT2D eigenvalue weighted by atomic mass is 9.96. The van der Waals surface area contributed by atoms with Crippen LogP contribution < -0.4 is 15.2 Å². The summed E-state index contributed by atoms with van der Waals surface area (Å²) in [5.74, 6) is 1.67. The average molecular weight is 354 g/mol. The summed E-state index contributed by atoms with van der Waals surface area (Å²) >= 11 is 5.31. The Morgan fingerprint density at radius 2 is 2.20 bits per heavy atom. The maximum Gasteiger partial charge on any atom is 0.135 e. The summed E-state index contributed by atoms with van der Waals surface area (Å²) in [6.07, 6.45) is 0.813. The first kappa shape index (κ1) is 13.9. The fourth-order valence-electron chi connectivity index (χ4n) is 2.42. The minimum Gasteiger partial charge on any atom is -0.497 e. The van der Waals surface area contributed by atoms with Gasteiger partial charge < -0.3 is 15.2 Å². The molecule has 0 aliphatic carbocycles. The third-order valence-electron chi connectivity index (χ3n) is 3.55. The van der Waals surface area contributed by atoms with Crippen molar-refractivity contribution in [1.29, 1.82) is 0 Å². The topological polar surface area (TPSA) is 44.5 Å². The SMILES string of the molecule is COc1ccc2c(c1)C(N)CC(c1cc(Br)c(C)s1)O2. The van der Waals surface area contributed by atoms with Crippen molar-refractivity contribution in [3.8, 4) is 11.5 Å². The lowest BCUT2D eigenvalue weighted by Gasteiger charge is -2.30. The highest BCUT2D eigenvalue weighted by Gasteiger charge is 2.28. The van der Waals surface area contributed by atoms with Crippen molar-refractivity contribution >= 4 is 27.3 Å². The Morgan fingerprint density at radius 3 is 2.85 bits per heavy atom. The van der Waals surface area contributed by atoms with Gasteiger partial charge in [0.2, 0.25) is 0 Å². The van der Waals surface area contributed by atoms with Gasteiger partial charge in [0.25, 0.3) is 0 Å². The van der Waals surface area contributed by atoms with E-state index >= 15 is 0 Å². The number of hydrogen-bond donors (Lipinski definition) is 1. The monoisotopic (exact) mass is 353 g/mol. The second-order valence-electron chi connectivity index (χ2n) is 4.91. The van der Waals surface area contributed by atoms with Crippen molar-refractivity contribution in [3.05, 3.63) is 44.1 Å². The third kappa shape index (κ3) is 2.45. The molecule has 0 amide bonds. The minimum absolute atomic E-state index is 0.0277. The highest BCUT2D eigenvalue weighted by molar-refractivity contribution is 9.10. The van der Waals surface area contributed by atoms with Gasteiger partial charge in [-0.3, -0.25) is 0 Å². The van der Waals surface area contributed by atoms with E-state index in [1.165, 1.54) is 9.75 Å². The Bertz CT molecular complexity index is 621. The zero-order chi connectivity index (χ0) is 14.3. The summed E-state index contributed by atoms with van der Waals surface area (Å²) < 4.78 is 12.5. The van der Waals surface area contributed by atoms with E-state index in [4.69, 9.17) is 15.2 Å². The lowest BCUT2D eigenvalue weighted by Crippen LogP contribution is -2.23. The zero-order valence-corrected chi connectivity index (χ0v) is 13.8. The molecule has 20 heavy (non-hydrogen) atoms. The second-order valence-corrected chi connectivity index (χ2v) is 7.05. The quantitative estimate of drug-likeness (QED) is 0.872. The fraction of sp³-hybridized carbons (Fsp3) is 0.333. The van der Waals surface area contributed by atoms with Gasteiger partial charge in [0.05, 0.1) is 7.11 Å². The van der Waals surface area contributed by atoms with Gasteiger partial charge in [-0.05, 0) is 47.1 Å². The standard InChI is InChI=1S/C15H16BrNO2S/c1-8-11(16)6-15(20-8)14-7-12(17)10-5-9(18-2)3-4-13(10)19-14/h3-6,12,14H,7,17H2,1-2H3. The number of thiophene rings is 1. The summed E-state index contributed by atoms with van der Waals surface area (Å²) in [6.45, 7) is 2.10. The number of aryl methyl sites for hydroxylation is 1. The van der Waals surface area contributed by atoms with Gasteiger partial charge in [-0.2, -0.15) is 0 Å². The van der Waals surface area contributed by atoms with Crippen molar-refractivity contribution < 1.29 is 9.47 Å². The van der Waals surface area contributed by atoms with Crippen molar-refractivity contribution in [2.75, 3.05) is 7.11 Å². The molecule has 0 radical (unpaired) electrons. The molecule has 5 heteroatoms. The van der Waals surface area contributed by atoms with Crippen LogP contribution in [-0.2, 0) is 0 Å². The number of nitrogens with two attached hydrogens (primary N) is 1. The predicted molar refractivity (Wildman–Crippen MR) is 84.7 cm³/mol. The van der Waals surface area contributed by atoms with E-state index < -0.39 is 0 Å². The van der Waals surface area contributed by atoms with E-state index in [2.05, 4.69) is 28.9 Å². The van der Waals surface area contributed by atoms with E-state index in [0.717, 1.165) is 28.0 Å². The maximum atomic E-state index is 6.30. The molecule has 2 atom stereocenters. The normalized spacial score (nSPS) is 21.2. The largest absolute Gasteiger partial charge is 0.497 e. The van der Waals surface area contributed by atoms with Gasteiger partial charge in [-0.15, -0.1) is 11.3 Å². The first-order valence-electron chi connectivity index (χ1n) is 6.44. The van der Waals surface area contributed by atoms with E-state index in [-0.39, 0.29) is 12.1 Å². The Kier molecular flexibility index (Phi) is 3.75. The van der Waals surface area contributed by atoms with Gasteiger partial charge in [-0.25, -0.2) is 0 Å². The van der Waals surface area contributed by atoms with Crippen molar-refractivity contribution in [2.45, 2.75) is 25.5 Å². The summed E-state index contributed by atoms with van der Waals surface area (Å²) in [6, 6.07) is 7.91. The summed E-state index contributed by atoms with van der Waals surface area (Å²) in [4.78, 5) is 2.48. The van der Waals surface area contributed by atoms with Gasteiger partial charge in [0, 0.05) is 32.3 Å². The fourth-order valence-corrected chi connectivity index (χ4v) is 4.03. The maximum absolute atomic E-state index is 6.30. The molecule has 3 rings (SSSR count). The third-order valence-corrected chi connectivity index (χ3v) is 5.78. The van der Waals surface area contributed by atoms with Crippen LogP contribution in [0.1, 0.15) is 33.9 Å². The highest BCUT2D eigenvalue weighted by atomic mass is 79.9. The van der Waals surface area contributed by atoms with Crippen LogP contribution in [0.5, 0.6) is 11.5 Å². The number of halogens is 1. The van der Waals surface area contributed by atoms with Crippen LogP contribution in [0, 0.1) is 6.92 Å². The number of fused-ring (bicyclic) bond motifs is 1. The molecule has 1 aliphatic rings. The minimum atomic E-state index is -0.0277. The van der Waals surface area contributed by atoms with Crippen LogP contribution in [0.4, 0.5) is 0 Å². The van der Waals surface area contributed by atoms with Crippen molar-refractivity contribution in [2.24, 2.45) is 5.73 Å². The smallest absolute Gasteiger partial charge is 0.135 e. The van der Waals surface area contributed by atoms with Crippen LogP contribution >= 0.6 is 27.3 Å². The van der Waals surface area contributed by atoms with Gasteiger partial charge >= 0.3 is 0 Å². The first-order chi connectivity index (χ1) is 9.58. The molecule has 1 aromatic carbocycles. The molecule has 0 saturated heterocycles. The van der Waals surface area contributed by atoms with Crippen LogP contribution in [-0.4, -0.2) is 7.11 Å². The molecule has 1 aliphatic heterocycles. The van der Waals surface area contributed by atoms with Gasteiger partial charge in [0.1, 0.15) is 17.6 Å². The number of ether oxygens (including phenoxy) is 2. The Hall–Kier alpha value is -1.04. The van der Waals surface area contributed by atoms with Crippen molar-refractivity contribution in [3.63, 3.8) is 0 Å². The Morgan fingerprint density at radius 1 is 1.40 bits per heavy atom. The Labute approximate surface area is 130 Å². The van der Waals surface area contributed by atoms with Crippen LogP contribution in [0.15, 0.2) is 28.7 Å². The number of benzene rings is 1. The molecular formula is C15H16BrNO2S. The number of hydrogen-bond acceptors (Lipinski definition) is 4. The Balaban J connectivity index is 1.92. The lowest BCUT2D eigenvalue weighted by molar-refractivity contribution is 0.164. The molecule has 106 valence electrons. The summed E-state index contributed by atoms with van der Waals surface area (Å²) in [5, 5.41) is 0. The predicted octanol–water partition coefficient (Wildman–Crippen LogP) is 4.35. The van der Waals surface area contributed by atoms with Crippen LogP contribution in [0.3, 0.4) is 0 Å². The molecular weight excluding hydrogens is 338 g/mol. The molecule has 0 fully saturated rings. The van der Waals surface area contributed by atoms with E-state index in [1.807, 2.05) is 18.2 Å². The molecule has 2 unspecified atom stereocenters.